The van der Waals surface area contributed by atoms with Crippen LogP contribution < -0.4 is 10.7 Å². The van der Waals surface area contributed by atoms with Crippen LogP contribution in [0.1, 0.15) is 29.5 Å². The van der Waals surface area contributed by atoms with Crippen LogP contribution in [0.15, 0.2) is 65.8 Å². The number of fused-ring (bicyclic) bond motifs is 1. The summed E-state index contributed by atoms with van der Waals surface area (Å²) >= 11 is 0. The summed E-state index contributed by atoms with van der Waals surface area (Å²) in [6.07, 6.45) is 1.79. The quantitative estimate of drug-likeness (QED) is 0.499. The van der Waals surface area contributed by atoms with Gasteiger partial charge < -0.3 is 5.32 Å². The van der Waals surface area contributed by atoms with Crippen LogP contribution >= 0.6 is 0 Å². The summed E-state index contributed by atoms with van der Waals surface area (Å²) in [6, 6.07) is 19.6. The van der Waals surface area contributed by atoms with Crippen molar-refractivity contribution in [1.29, 1.82) is 0 Å². The average Bonchev–Trinajstić information content (AvgIpc) is 2.70. The van der Waals surface area contributed by atoms with E-state index >= 15 is 0 Å². The van der Waals surface area contributed by atoms with Crippen molar-refractivity contribution in [1.82, 2.24) is 5.43 Å². The maximum Gasteiger partial charge on any atom is 0.240 e. The normalized spacial score (nSPS) is 10.9. The summed E-state index contributed by atoms with van der Waals surface area (Å²) < 4.78 is 0. The van der Waals surface area contributed by atoms with E-state index in [-0.39, 0.29) is 24.7 Å². The molecule has 0 radical (unpaired) electrons. The Hall–Kier alpha value is -3.47. The van der Waals surface area contributed by atoms with Crippen LogP contribution in [-0.4, -0.2) is 18.0 Å². The van der Waals surface area contributed by atoms with Crippen LogP contribution in [0, 0.1) is 13.8 Å². The second kappa shape index (κ2) is 8.95. The third-order valence-corrected chi connectivity index (χ3v) is 4.67. The van der Waals surface area contributed by atoms with E-state index in [4.69, 9.17) is 0 Å². The molecule has 142 valence electrons. The van der Waals surface area contributed by atoms with Crippen molar-refractivity contribution in [3.63, 3.8) is 0 Å². The molecule has 0 aliphatic rings. The van der Waals surface area contributed by atoms with Gasteiger partial charge in [-0.1, -0.05) is 54.6 Å². The van der Waals surface area contributed by atoms with Gasteiger partial charge in [0.25, 0.3) is 0 Å². The summed E-state index contributed by atoms with van der Waals surface area (Å²) in [5.41, 5.74) is 6.32. The molecule has 0 fully saturated rings. The summed E-state index contributed by atoms with van der Waals surface area (Å²) in [7, 11) is 0. The molecule has 28 heavy (non-hydrogen) atoms. The van der Waals surface area contributed by atoms with Gasteiger partial charge in [0.1, 0.15) is 0 Å². The molecule has 0 spiro atoms. The molecule has 5 nitrogen and oxygen atoms in total. The Kier molecular flexibility index (Phi) is 6.17. The predicted octanol–water partition coefficient (Wildman–Crippen LogP) is 4.33. The minimum atomic E-state index is -0.299. The van der Waals surface area contributed by atoms with Gasteiger partial charge in [-0.05, 0) is 41.8 Å². The lowest BCUT2D eigenvalue weighted by atomic mass is 10.1. The second-order valence-electron chi connectivity index (χ2n) is 6.66. The fraction of sp³-hybridized carbons (Fsp3) is 0.174. The monoisotopic (exact) mass is 373 g/mol. The fourth-order valence-electron chi connectivity index (χ4n) is 2.92. The number of carbonyl (C=O) groups excluding carboxylic acids is 2. The SMILES string of the molecule is Cc1cccc(NC(=O)CCC(=O)NN=Cc2cccc3ccccc23)c1C. The van der Waals surface area contributed by atoms with Crippen molar-refractivity contribution in [3.05, 3.63) is 77.4 Å². The van der Waals surface area contributed by atoms with Crippen LogP contribution in [0.4, 0.5) is 5.69 Å². The third kappa shape index (κ3) is 4.82. The highest BCUT2D eigenvalue weighted by atomic mass is 16.2. The lowest BCUT2D eigenvalue weighted by molar-refractivity contribution is -0.124. The van der Waals surface area contributed by atoms with Crippen LogP contribution in [0.2, 0.25) is 0 Å². The van der Waals surface area contributed by atoms with Crippen molar-refractivity contribution in [2.24, 2.45) is 5.10 Å². The van der Waals surface area contributed by atoms with Gasteiger partial charge >= 0.3 is 0 Å². The molecule has 3 rings (SSSR count). The number of hydrazone groups is 1. The summed E-state index contributed by atoms with van der Waals surface area (Å²) in [5.74, 6) is -0.491. The fourth-order valence-corrected chi connectivity index (χ4v) is 2.92. The molecule has 3 aromatic rings. The van der Waals surface area contributed by atoms with Gasteiger partial charge in [-0.3, -0.25) is 9.59 Å². The maximum atomic E-state index is 12.1. The van der Waals surface area contributed by atoms with E-state index in [1.807, 2.05) is 74.5 Å². The standard InChI is InChI=1S/C23H23N3O2/c1-16-7-5-12-21(17(16)2)25-22(27)13-14-23(28)26-24-15-19-10-6-9-18-8-3-4-11-20(18)19/h3-12,15H,13-14H2,1-2H3,(H,25,27)(H,26,28). The van der Waals surface area contributed by atoms with Crippen LogP contribution in [-0.2, 0) is 9.59 Å². The van der Waals surface area contributed by atoms with Crippen molar-refractivity contribution in [2.45, 2.75) is 26.7 Å². The first kappa shape index (κ1) is 19.3. The average molecular weight is 373 g/mol. The smallest absolute Gasteiger partial charge is 0.240 e. The van der Waals surface area contributed by atoms with Gasteiger partial charge in [-0.2, -0.15) is 5.10 Å². The van der Waals surface area contributed by atoms with E-state index < -0.39 is 0 Å². The van der Waals surface area contributed by atoms with Gasteiger partial charge in [0.15, 0.2) is 0 Å². The molecular formula is C23H23N3O2. The van der Waals surface area contributed by atoms with Gasteiger partial charge in [0, 0.05) is 24.1 Å². The first-order chi connectivity index (χ1) is 13.5. The number of hydrogen-bond donors (Lipinski definition) is 2. The molecule has 0 aromatic heterocycles. The Morgan fingerprint density at radius 2 is 1.61 bits per heavy atom. The Morgan fingerprint density at radius 3 is 2.46 bits per heavy atom. The lowest BCUT2D eigenvalue weighted by Gasteiger charge is -2.10. The number of carbonyl (C=O) groups is 2. The molecule has 0 saturated carbocycles. The number of nitrogens with zero attached hydrogens (tertiary/aromatic N) is 1. The molecule has 2 amide bonds. The second-order valence-corrected chi connectivity index (χ2v) is 6.66. The zero-order chi connectivity index (χ0) is 19.9. The number of rotatable bonds is 6. The molecule has 0 aliphatic heterocycles. The van der Waals surface area contributed by atoms with Crippen LogP contribution in [0.5, 0.6) is 0 Å². The molecule has 0 bridgehead atoms. The highest BCUT2D eigenvalue weighted by molar-refractivity contribution is 6.00. The molecule has 2 N–H and O–H groups in total. The Balaban J connectivity index is 1.51. The van der Waals surface area contributed by atoms with Crippen LogP contribution in [0.25, 0.3) is 10.8 Å². The molecular weight excluding hydrogens is 350 g/mol. The van der Waals surface area contributed by atoms with Crippen molar-refractivity contribution >= 4 is 34.5 Å². The lowest BCUT2D eigenvalue weighted by Crippen LogP contribution is -2.21. The summed E-state index contributed by atoms with van der Waals surface area (Å²) in [6.45, 7) is 3.95. The Labute approximate surface area is 164 Å². The van der Waals surface area contributed by atoms with E-state index in [0.29, 0.717) is 0 Å². The largest absolute Gasteiger partial charge is 0.326 e. The highest BCUT2D eigenvalue weighted by Crippen LogP contribution is 2.18. The molecule has 0 unspecified atom stereocenters. The number of nitrogens with one attached hydrogen (secondary N) is 2. The van der Waals surface area contributed by atoms with E-state index in [2.05, 4.69) is 15.8 Å². The molecule has 0 heterocycles. The van der Waals surface area contributed by atoms with Gasteiger partial charge in [0.2, 0.25) is 11.8 Å². The molecule has 0 atom stereocenters. The Morgan fingerprint density at radius 1 is 0.893 bits per heavy atom. The van der Waals surface area contributed by atoms with Crippen molar-refractivity contribution in [3.8, 4) is 0 Å². The van der Waals surface area contributed by atoms with Crippen molar-refractivity contribution in [2.75, 3.05) is 5.32 Å². The van der Waals surface area contributed by atoms with E-state index in [0.717, 1.165) is 33.2 Å². The summed E-state index contributed by atoms with van der Waals surface area (Å²) in [5, 5.41) is 9.05. The number of anilines is 1. The topological polar surface area (TPSA) is 70.6 Å². The minimum Gasteiger partial charge on any atom is -0.326 e. The first-order valence-electron chi connectivity index (χ1n) is 9.20. The number of aryl methyl sites for hydroxylation is 1. The maximum absolute atomic E-state index is 12.1. The van der Waals surface area contributed by atoms with Crippen molar-refractivity contribution < 1.29 is 9.59 Å². The van der Waals surface area contributed by atoms with Gasteiger partial charge in [-0.15, -0.1) is 0 Å². The Bertz CT molecular complexity index is 1040. The van der Waals surface area contributed by atoms with Gasteiger partial charge in [0.05, 0.1) is 6.21 Å². The first-order valence-corrected chi connectivity index (χ1v) is 9.20. The summed E-state index contributed by atoms with van der Waals surface area (Å²) in [4.78, 5) is 24.1. The number of amides is 2. The number of hydrogen-bond acceptors (Lipinski definition) is 3. The zero-order valence-corrected chi connectivity index (χ0v) is 16.0. The molecule has 5 heteroatoms. The van der Waals surface area contributed by atoms with E-state index in [9.17, 15) is 9.59 Å². The highest BCUT2D eigenvalue weighted by Gasteiger charge is 2.09. The third-order valence-electron chi connectivity index (χ3n) is 4.67. The van der Waals surface area contributed by atoms with Gasteiger partial charge in [-0.25, -0.2) is 5.43 Å². The van der Waals surface area contributed by atoms with Crippen LogP contribution in [0.3, 0.4) is 0 Å². The molecule has 0 aliphatic carbocycles. The van der Waals surface area contributed by atoms with E-state index in [1.165, 1.54) is 0 Å². The minimum absolute atomic E-state index is 0.0730. The predicted molar refractivity (Wildman–Crippen MR) is 113 cm³/mol. The zero-order valence-electron chi connectivity index (χ0n) is 16.0. The number of benzene rings is 3. The van der Waals surface area contributed by atoms with E-state index in [1.54, 1.807) is 6.21 Å². The molecule has 3 aromatic carbocycles. The molecule has 0 saturated heterocycles.